The van der Waals surface area contributed by atoms with Crippen molar-refractivity contribution in [2.24, 2.45) is 0 Å². The summed E-state index contributed by atoms with van der Waals surface area (Å²) in [6, 6.07) is 2.87. The van der Waals surface area contributed by atoms with E-state index in [0.29, 0.717) is 0 Å². The third-order valence-corrected chi connectivity index (χ3v) is 3.69. The zero-order valence-corrected chi connectivity index (χ0v) is 12.9. The zero-order chi connectivity index (χ0) is 15.2. The quantitative estimate of drug-likeness (QED) is 0.680. The van der Waals surface area contributed by atoms with Crippen LogP contribution in [0.1, 0.15) is 42.5 Å². The summed E-state index contributed by atoms with van der Waals surface area (Å²) in [5.74, 6) is -0.943. The van der Waals surface area contributed by atoms with Gasteiger partial charge in [0.05, 0.1) is 5.56 Å². The first-order valence-corrected chi connectivity index (χ1v) is 7.60. The fourth-order valence-electron chi connectivity index (χ4n) is 2.31. The Hall–Kier alpha value is -1.33. The summed E-state index contributed by atoms with van der Waals surface area (Å²) in [7, 11) is 0. The SMILES string of the molecule is O=C(COC(=O)c1cc(Cl)nc(Cl)c1)NC1CCCCC1. The molecular formula is C14H16Cl2N2O3. The number of nitrogens with zero attached hydrogens (tertiary/aromatic N) is 1. The fourth-order valence-corrected chi connectivity index (χ4v) is 2.77. The van der Waals surface area contributed by atoms with Crippen LogP contribution in [0.2, 0.25) is 10.3 Å². The van der Waals surface area contributed by atoms with Crippen LogP contribution in [0.15, 0.2) is 12.1 Å². The number of nitrogens with one attached hydrogen (secondary N) is 1. The Morgan fingerprint density at radius 1 is 1.19 bits per heavy atom. The minimum atomic E-state index is -0.653. The molecule has 1 aliphatic rings. The van der Waals surface area contributed by atoms with Crippen molar-refractivity contribution in [2.75, 3.05) is 6.61 Å². The van der Waals surface area contributed by atoms with E-state index in [0.717, 1.165) is 25.7 Å². The second-order valence-corrected chi connectivity index (χ2v) is 5.75. The highest BCUT2D eigenvalue weighted by Gasteiger charge is 2.17. The number of esters is 1. The predicted octanol–water partition coefficient (Wildman–Crippen LogP) is 2.99. The van der Waals surface area contributed by atoms with Crippen molar-refractivity contribution < 1.29 is 14.3 Å². The van der Waals surface area contributed by atoms with E-state index in [-0.39, 0.29) is 34.4 Å². The van der Waals surface area contributed by atoms with Crippen molar-refractivity contribution in [2.45, 2.75) is 38.1 Å². The molecule has 1 saturated carbocycles. The van der Waals surface area contributed by atoms with Gasteiger partial charge in [0, 0.05) is 6.04 Å². The van der Waals surface area contributed by atoms with Crippen LogP contribution in [0.5, 0.6) is 0 Å². The van der Waals surface area contributed by atoms with Crippen LogP contribution in [0, 0.1) is 0 Å². The molecule has 5 nitrogen and oxygen atoms in total. The second-order valence-electron chi connectivity index (χ2n) is 4.98. The molecular weight excluding hydrogens is 315 g/mol. The number of halogens is 2. The maximum Gasteiger partial charge on any atom is 0.338 e. The van der Waals surface area contributed by atoms with Gasteiger partial charge in [-0.05, 0) is 25.0 Å². The van der Waals surface area contributed by atoms with Crippen LogP contribution in [0.4, 0.5) is 0 Å². The summed E-state index contributed by atoms with van der Waals surface area (Å²) in [6.45, 7) is -0.313. The Kier molecular flexibility index (Phi) is 5.82. The standard InChI is InChI=1S/C14H16Cl2N2O3/c15-11-6-9(7-12(16)18-11)14(20)21-8-13(19)17-10-4-2-1-3-5-10/h6-7,10H,1-5,8H2,(H,17,19). The molecule has 1 amide bonds. The van der Waals surface area contributed by atoms with Crippen LogP contribution in [0.25, 0.3) is 0 Å². The maximum absolute atomic E-state index is 11.8. The lowest BCUT2D eigenvalue weighted by atomic mass is 9.95. The minimum absolute atomic E-state index is 0.0982. The lowest BCUT2D eigenvalue weighted by molar-refractivity contribution is -0.125. The van der Waals surface area contributed by atoms with E-state index in [4.69, 9.17) is 27.9 Å². The summed E-state index contributed by atoms with van der Waals surface area (Å²) in [5.41, 5.74) is 0.172. The van der Waals surface area contributed by atoms with Gasteiger partial charge in [0.25, 0.3) is 5.91 Å². The molecule has 0 bridgehead atoms. The summed E-state index contributed by atoms with van der Waals surface area (Å²) in [4.78, 5) is 27.3. The molecule has 7 heteroatoms. The molecule has 0 spiro atoms. The third kappa shape index (κ3) is 5.17. The van der Waals surface area contributed by atoms with E-state index >= 15 is 0 Å². The number of hydrogen-bond donors (Lipinski definition) is 1. The number of rotatable bonds is 4. The van der Waals surface area contributed by atoms with Gasteiger partial charge in [0.2, 0.25) is 0 Å². The number of ether oxygens (including phenoxy) is 1. The topological polar surface area (TPSA) is 68.3 Å². The molecule has 1 heterocycles. The van der Waals surface area contributed by atoms with Gasteiger partial charge in [-0.25, -0.2) is 9.78 Å². The van der Waals surface area contributed by atoms with Crippen LogP contribution >= 0.6 is 23.2 Å². The molecule has 1 aromatic heterocycles. The maximum atomic E-state index is 11.8. The van der Waals surface area contributed by atoms with Crippen molar-refractivity contribution in [3.63, 3.8) is 0 Å². The van der Waals surface area contributed by atoms with Gasteiger partial charge in [-0.2, -0.15) is 0 Å². The first kappa shape index (κ1) is 16.0. The van der Waals surface area contributed by atoms with Gasteiger partial charge in [0.1, 0.15) is 10.3 Å². The highest BCUT2D eigenvalue weighted by atomic mass is 35.5. The molecule has 0 saturated heterocycles. The van der Waals surface area contributed by atoms with Crippen molar-refractivity contribution in [1.82, 2.24) is 10.3 Å². The highest BCUT2D eigenvalue weighted by Crippen LogP contribution is 2.17. The number of carbonyl (C=O) groups is 2. The van der Waals surface area contributed by atoms with E-state index in [9.17, 15) is 9.59 Å². The Morgan fingerprint density at radius 2 is 1.81 bits per heavy atom. The molecule has 0 radical (unpaired) electrons. The van der Waals surface area contributed by atoms with Crippen molar-refractivity contribution in [3.05, 3.63) is 28.0 Å². The Balaban J connectivity index is 1.81. The smallest absolute Gasteiger partial charge is 0.338 e. The van der Waals surface area contributed by atoms with Crippen LogP contribution in [-0.2, 0) is 9.53 Å². The lowest BCUT2D eigenvalue weighted by Gasteiger charge is -2.22. The van der Waals surface area contributed by atoms with E-state index in [1.54, 1.807) is 0 Å². The normalized spacial score (nSPS) is 15.5. The Labute approximate surface area is 133 Å². The van der Waals surface area contributed by atoms with E-state index in [1.165, 1.54) is 18.6 Å². The van der Waals surface area contributed by atoms with Gasteiger partial charge >= 0.3 is 5.97 Å². The van der Waals surface area contributed by atoms with Gasteiger partial charge in [-0.15, -0.1) is 0 Å². The average molecular weight is 331 g/mol. The number of amides is 1. The van der Waals surface area contributed by atoms with Gasteiger partial charge in [0.15, 0.2) is 6.61 Å². The summed E-state index contributed by atoms with van der Waals surface area (Å²) < 4.78 is 4.95. The average Bonchev–Trinajstić information content (AvgIpc) is 2.45. The highest BCUT2D eigenvalue weighted by molar-refractivity contribution is 6.32. The van der Waals surface area contributed by atoms with Crippen LogP contribution in [0.3, 0.4) is 0 Å². The number of hydrogen-bond acceptors (Lipinski definition) is 4. The molecule has 1 fully saturated rings. The van der Waals surface area contributed by atoms with Crippen molar-refractivity contribution >= 4 is 35.1 Å². The molecule has 2 rings (SSSR count). The van der Waals surface area contributed by atoms with Gasteiger partial charge < -0.3 is 10.1 Å². The van der Waals surface area contributed by atoms with Crippen LogP contribution in [-0.4, -0.2) is 29.5 Å². The Morgan fingerprint density at radius 3 is 2.43 bits per heavy atom. The molecule has 114 valence electrons. The zero-order valence-electron chi connectivity index (χ0n) is 11.4. The summed E-state index contributed by atoms with van der Waals surface area (Å²) >= 11 is 11.4. The molecule has 0 atom stereocenters. The first-order chi connectivity index (χ1) is 10.0. The number of pyridine rings is 1. The first-order valence-electron chi connectivity index (χ1n) is 6.84. The van der Waals surface area contributed by atoms with Gasteiger partial charge in [-0.3, -0.25) is 4.79 Å². The minimum Gasteiger partial charge on any atom is -0.452 e. The number of carbonyl (C=O) groups excluding carboxylic acids is 2. The van der Waals surface area contributed by atoms with Gasteiger partial charge in [-0.1, -0.05) is 42.5 Å². The van der Waals surface area contributed by atoms with E-state index < -0.39 is 5.97 Å². The molecule has 0 unspecified atom stereocenters. The fraction of sp³-hybridized carbons (Fsp3) is 0.500. The van der Waals surface area contributed by atoms with E-state index in [1.807, 2.05) is 0 Å². The molecule has 1 aromatic rings. The predicted molar refractivity (Wildman–Crippen MR) is 79.6 cm³/mol. The summed E-state index contributed by atoms with van der Waals surface area (Å²) in [5, 5.41) is 3.06. The molecule has 1 aliphatic carbocycles. The largest absolute Gasteiger partial charge is 0.452 e. The Bertz CT molecular complexity index is 511. The van der Waals surface area contributed by atoms with E-state index in [2.05, 4.69) is 10.3 Å². The summed E-state index contributed by atoms with van der Waals surface area (Å²) in [6.07, 6.45) is 5.42. The van der Waals surface area contributed by atoms with Crippen molar-refractivity contribution in [3.8, 4) is 0 Å². The molecule has 0 aromatic carbocycles. The molecule has 1 N–H and O–H groups in total. The van der Waals surface area contributed by atoms with Crippen LogP contribution < -0.4 is 5.32 Å². The monoisotopic (exact) mass is 330 g/mol. The second kappa shape index (κ2) is 7.61. The molecule has 0 aliphatic heterocycles. The third-order valence-electron chi connectivity index (χ3n) is 3.30. The lowest BCUT2D eigenvalue weighted by Crippen LogP contribution is -2.38. The molecule has 21 heavy (non-hydrogen) atoms. The number of aromatic nitrogens is 1. The van der Waals surface area contributed by atoms with Crippen molar-refractivity contribution in [1.29, 1.82) is 0 Å².